The molecule has 1 fully saturated rings. The second kappa shape index (κ2) is 3.42. The van der Waals surface area contributed by atoms with E-state index in [1.54, 1.807) is 0 Å². The number of aliphatic hydroxyl groups is 1. The van der Waals surface area contributed by atoms with Crippen LogP contribution in [0.3, 0.4) is 0 Å². The van der Waals surface area contributed by atoms with Crippen LogP contribution in [0.25, 0.3) is 0 Å². The summed E-state index contributed by atoms with van der Waals surface area (Å²) in [4.78, 5) is 3.86. The minimum atomic E-state index is -0.713. The normalized spacial score (nSPS) is 19.5. The van der Waals surface area contributed by atoms with Gasteiger partial charge in [-0.05, 0) is 30.9 Å². The molecule has 3 heteroatoms. The smallest absolute Gasteiger partial charge is 0.147 e. The highest BCUT2D eigenvalue weighted by atomic mass is 19.1. The highest BCUT2D eigenvalue weighted by Crippen LogP contribution is 2.37. The fraction of sp³-hybridized carbons (Fsp3) is 0.500. The van der Waals surface area contributed by atoms with Gasteiger partial charge in [0, 0.05) is 6.20 Å². The lowest BCUT2D eigenvalue weighted by atomic mass is 9.80. The van der Waals surface area contributed by atoms with Crippen LogP contribution in [-0.4, -0.2) is 10.1 Å². The lowest BCUT2D eigenvalue weighted by Gasteiger charge is -2.29. The van der Waals surface area contributed by atoms with Crippen molar-refractivity contribution in [2.45, 2.75) is 25.4 Å². The number of hydrogen-bond donors (Lipinski definition) is 1. The van der Waals surface area contributed by atoms with E-state index in [-0.39, 0.29) is 11.6 Å². The fourth-order valence-corrected chi connectivity index (χ4v) is 1.59. The highest BCUT2D eigenvalue weighted by molar-refractivity contribution is 5.11. The fourth-order valence-electron chi connectivity index (χ4n) is 1.59. The Kier molecular flexibility index (Phi) is 2.27. The summed E-state index contributed by atoms with van der Waals surface area (Å²) in [5.74, 6) is -0.189. The maximum atomic E-state index is 13.1. The van der Waals surface area contributed by atoms with Gasteiger partial charge in [-0.15, -0.1) is 0 Å². The second-order valence-electron chi connectivity index (χ2n) is 3.51. The molecule has 70 valence electrons. The van der Waals surface area contributed by atoms with Gasteiger partial charge >= 0.3 is 0 Å². The number of nitrogens with zero attached hydrogens (tertiary/aromatic N) is 1. The molecule has 0 aromatic carbocycles. The Bertz CT molecular complexity index is 299. The molecule has 0 spiro atoms. The number of hydrogen-bond acceptors (Lipinski definition) is 2. The molecule has 1 aromatic heterocycles. The molecule has 0 amide bonds. The van der Waals surface area contributed by atoms with E-state index in [2.05, 4.69) is 4.98 Å². The molecule has 0 aliphatic heterocycles. The van der Waals surface area contributed by atoms with Crippen molar-refractivity contribution < 1.29 is 9.50 Å². The first-order chi connectivity index (χ1) is 6.29. The van der Waals surface area contributed by atoms with Gasteiger partial charge in [0.25, 0.3) is 0 Å². The number of aliphatic hydroxyl groups excluding tert-OH is 1. The number of halogens is 1. The molecule has 1 saturated carbocycles. The predicted octanol–water partition coefficient (Wildman–Crippen LogP) is 2.05. The zero-order valence-electron chi connectivity index (χ0n) is 7.28. The maximum absolute atomic E-state index is 13.1. The minimum Gasteiger partial charge on any atom is -0.386 e. The van der Waals surface area contributed by atoms with Crippen molar-refractivity contribution in [3.63, 3.8) is 0 Å². The Morgan fingerprint density at radius 2 is 2.31 bits per heavy atom. The molecule has 0 radical (unpaired) electrons. The number of pyridine rings is 1. The first-order valence-corrected chi connectivity index (χ1v) is 4.57. The molecule has 0 bridgehead atoms. The van der Waals surface area contributed by atoms with Gasteiger partial charge in [-0.25, -0.2) is 4.39 Å². The number of rotatable bonds is 2. The Morgan fingerprint density at radius 3 is 2.85 bits per heavy atom. The van der Waals surface area contributed by atoms with Crippen LogP contribution >= 0.6 is 0 Å². The summed E-state index contributed by atoms with van der Waals surface area (Å²) in [6.07, 6.45) is 3.90. The third-order valence-electron chi connectivity index (χ3n) is 2.66. The molecule has 1 aliphatic carbocycles. The van der Waals surface area contributed by atoms with Gasteiger partial charge in [0.05, 0.1) is 0 Å². The quantitative estimate of drug-likeness (QED) is 0.757. The van der Waals surface area contributed by atoms with Gasteiger partial charge in [-0.1, -0.05) is 6.42 Å². The summed E-state index contributed by atoms with van der Waals surface area (Å²) >= 11 is 0. The van der Waals surface area contributed by atoms with Crippen molar-refractivity contribution in [1.29, 1.82) is 0 Å². The van der Waals surface area contributed by atoms with E-state index in [9.17, 15) is 9.50 Å². The first-order valence-electron chi connectivity index (χ1n) is 4.57. The van der Waals surface area contributed by atoms with E-state index in [4.69, 9.17) is 0 Å². The lowest BCUT2D eigenvalue weighted by Crippen LogP contribution is -2.21. The van der Waals surface area contributed by atoms with E-state index in [1.807, 2.05) is 0 Å². The third kappa shape index (κ3) is 1.56. The summed E-state index contributed by atoms with van der Waals surface area (Å²) in [7, 11) is 0. The van der Waals surface area contributed by atoms with Crippen LogP contribution in [0, 0.1) is 11.7 Å². The highest BCUT2D eigenvalue weighted by Gasteiger charge is 2.29. The van der Waals surface area contributed by atoms with E-state index < -0.39 is 11.9 Å². The third-order valence-corrected chi connectivity index (χ3v) is 2.66. The summed E-state index contributed by atoms with van der Waals surface area (Å²) in [5, 5.41) is 9.72. The van der Waals surface area contributed by atoms with Crippen molar-refractivity contribution >= 4 is 0 Å². The van der Waals surface area contributed by atoms with Crippen molar-refractivity contribution in [1.82, 2.24) is 4.98 Å². The molecule has 1 heterocycles. The summed E-state index contributed by atoms with van der Waals surface area (Å²) in [6.45, 7) is 0. The van der Waals surface area contributed by atoms with Gasteiger partial charge in [-0.3, -0.25) is 4.98 Å². The summed E-state index contributed by atoms with van der Waals surface area (Å²) in [6, 6.07) is 2.87. The van der Waals surface area contributed by atoms with Crippen LogP contribution in [-0.2, 0) is 0 Å². The maximum Gasteiger partial charge on any atom is 0.147 e. The van der Waals surface area contributed by atoms with Crippen LogP contribution in [0.5, 0.6) is 0 Å². The van der Waals surface area contributed by atoms with E-state index >= 15 is 0 Å². The lowest BCUT2D eigenvalue weighted by molar-refractivity contribution is 0.0555. The van der Waals surface area contributed by atoms with Crippen molar-refractivity contribution in [2.75, 3.05) is 0 Å². The average molecular weight is 181 g/mol. The first kappa shape index (κ1) is 8.63. The van der Waals surface area contributed by atoms with E-state index in [1.165, 1.54) is 18.3 Å². The number of aromatic nitrogens is 1. The molecule has 1 atom stereocenters. The molecule has 2 nitrogen and oxygen atoms in total. The van der Waals surface area contributed by atoms with Crippen LogP contribution in [0.2, 0.25) is 0 Å². The molecule has 1 N–H and O–H groups in total. The molecular formula is C10H12FNO. The standard InChI is InChI=1S/C10H12FNO/c11-8-5-2-6-12-9(8)10(13)7-3-1-4-7/h2,5-7,10,13H,1,3-4H2. The van der Waals surface area contributed by atoms with E-state index in [0.717, 1.165) is 19.3 Å². The topological polar surface area (TPSA) is 33.1 Å². The minimum absolute atomic E-state index is 0.201. The Balaban J connectivity index is 2.18. The second-order valence-corrected chi connectivity index (χ2v) is 3.51. The molecule has 1 aromatic rings. The summed E-state index contributed by atoms with van der Waals surface area (Å²) in [5.41, 5.74) is 0.201. The SMILES string of the molecule is OC(c1ncccc1F)C1CCC1. The van der Waals surface area contributed by atoms with E-state index in [0.29, 0.717) is 0 Å². The van der Waals surface area contributed by atoms with Crippen LogP contribution < -0.4 is 0 Å². The van der Waals surface area contributed by atoms with Crippen molar-refractivity contribution in [3.05, 3.63) is 29.8 Å². The van der Waals surface area contributed by atoms with Crippen LogP contribution in [0.4, 0.5) is 4.39 Å². The van der Waals surface area contributed by atoms with Gasteiger partial charge in [0.2, 0.25) is 0 Å². The van der Waals surface area contributed by atoms with Gasteiger partial charge in [0.1, 0.15) is 17.6 Å². The molecule has 1 unspecified atom stereocenters. The van der Waals surface area contributed by atoms with Crippen LogP contribution in [0.1, 0.15) is 31.1 Å². The van der Waals surface area contributed by atoms with Gasteiger partial charge < -0.3 is 5.11 Å². The predicted molar refractivity (Wildman–Crippen MR) is 46.5 cm³/mol. The monoisotopic (exact) mass is 181 g/mol. The Morgan fingerprint density at radius 1 is 1.54 bits per heavy atom. The molecule has 13 heavy (non-hydrogen) atoms. The van der Waals surface area contributed by atoms with Crippen molar-refractivity contribution in [2.24, 2.45) is 5.92 Å². The van der Waals surface area contributed by atoms with Crippen LogP contribution in [0.15, 0.2) is 18.3 Å². The zero-order chi connectivity index (χ0) is 9.26. The molecular weight excluding hydrogens is 169 g/mol. The van der Waals surface area contributed by atoms with Gasteiger partial charge in [-0.2, -0.15) is 0 Å². The Labute approximate surface area is 76.4 Å². The molecule has 0 saturated heterocycles. The molecule has 2 rings (SSSR count). The zero-order valence-corrected chi connectivity index (χ0v) is 7.28. The van der Waals surface area contributed by atoms with Crippen molar-refractivity contribution in [3.8, 4) is 0 Å². The Hall–Kier alpha value is -0.960. The summed E-state index contributed by atoms with van der Waals surface area (Å²) < 4.78 is 13.1. The average Bonchev–Trinajstić information content (AvgIpc) is 2.01. The largest absolute Gasteiger partial charge is 0.386 e. The molecule has 1 aliphatic rings. The van der Waals surface area contributed by atoms with Gasteiger partial charge in [0.15, 0.2) is 0 Å².